The van der Waals surface area contributed by atoms with Crippen LogP contribution in [0.3, 0.4) is 0 Å². The van der Waals surface area contributed by atoms with E-state index < -0.39 is 0 Å². The molecule has 1 atom stereocenters. The third-order valence-electron chi connectivity index (χ3n) is 3.18. The topological polar surface area (TPSA) is 28.7 Å². The summed E-state index contributed by atoms with van der Waals surface area (Å²) in [7, 11) is 0. The molecule has 2 heterocycles. The largest absolute Gasteiger partial charge is 0.343 e. The van der Waals surface area contributed by atoms with E-state index in [9.17, 15) is 0 Å². The lowest BCUT2D eigenvalue weighted by molar-refractivity contribution is 0.886. The summed E-state index contributed by atoms with van der Waals surface area (Å²) in [5, 5.41) is 1.17. The number of benzene rings is 1. The van der Waals surface area contributed by atoms with Crippen LogP contribution in [0.5, 0.6) is 0 Å². The summed E-state index contributed by atoms with van der Waals surface area (Å²) < 4.78 is 0. The highest BCUT2D eigenvalue weighted by molar-refractivity contribution is 5.76. The summed E-state index contributed by atoms with van der Waals surface area (Å²) in [6.45, 7) is 2.21. The fraction of sp³-hybridized carbons (Fsp3) is 0.133. The third kappa shape index (κ3) is 1.82. The second kappa shape index (κ2) is 4.06. The van der Waals surface area contributed by atoms with Crippen molar-refractivity contribution in [2.75, 3.05) is 0 Å². The van der Waals surface area contributed by atoms with Crippen molar-refractivity contribution >= 4 is 11.0 Å². The lowest BCUT2D eigenvalue weighted by atomic mass is 9.98. The third-order valence-corrected chi connectivity index (χ3v) is 3.18. The highest BCUT2D eigenvalue weighted by atomic mass is 14.9. The van der Waals surface area contributed by atoms with Gasteiger partial charge in [-0.1, -0.05) is 37.3 Å². The zero-order valence-corrected chi connectivity index (χ0v) is 9.72. The van der Waals surface area contributed by atoms with Crippen molar-refractivity contribution in [1.29, 1.82) is 0 Å². The van der Waals surface area contributed by atoms with Gasteiger partial charge in [0.15, 0.2) is 0 Å². The number of hydrogen-bond donors (Lipinski definition) is 1. The van der Waals surface area contributed by atoms with Crippen molar-refractivity contribution in [3.8, 4) is 0 Å². The second-order valence-electron chi connectivity index (χ2n) is 4.30. The van der Waals surface area contributed by atoms with Crippen molar-refractivity contribution in [2.45, 2.75) is 12.8 Å². The van der Waals surface area contributed by atoms with Crippen LogP contribution < -0.4 is 0 Å². The van der Waals surface area contributed by atoms with Crippen LogP contribution in [0, 0.1) is 0 Å². The predicted octanol–water partition coefficient (Wildman–Crippen LogP) is 3.71. The molecule has 0 bridgehead atoms. The molecular formula is C15H14N2. The highest BCUT2D eigenvalue weighted by Crippen LogP contribution is 2.25. The van der Waals surface area contributed by atoms with Crippen LogP contribution in [-0.4, -0.2) is 9.97 Å². The first kappa shape index (κ1) is 10.1. The highest BCUT2D eigenvalue weighted by Gasteiger charge is 2.10. The first-order valence-corrected chi connectivity index (χ1v) is 5.83. The summed E-state index contributed by atoms with van der Waals surface area (Å²) in [6.07, 6.45) is 1.82. The minimum atomic E-state index is 0.366. The normalized spacial score (nSPS) is 12.8. The van der Waals surface area contributed by atoms with Gasteiger partial charge in [-0.2, -0.15) is 0 Å². The Bertz CT molecular complexity index is 592. The zero-order valence-electron chi connectivity index (χ0n) is 9.72. The number of aromatic amines is 1. The number of fused-ring (bicyclic) bond motifs is 1. The minimum Gasteiger partial charge on any atom is -0.343 e. The summed E-state index contributed by atoms with van der Waals surface area (Å²) >= 11 is 0. The molecule has 0 amide bonds. The van der Waals surface area contributed by atoms with E-state index in [2.05, 4.69) is 53.3 Å². The fourth-order valence-corrected chi connectivity index (χ4v) is 2.13. The van der Waals surface area contributed by atoms with Crippen molar-refractivity contribution in [3.63, 3.8) is 0 Å². The number of H-pyrrole nitrogens is 1. The molecule has 1 N–H and O–H groups in total. The summed E-state index contributed by atoms with van der Waals surface area (Å²) in [4.78, 5) is 7.71. The molecule has 0 radical (unpaired) electrons. The minimum absolute atomic E-state index is 0.366. The number of nitrogens with one attached hydrogen (secondary N) is 1. The van der Waals surface area contributed by atoms with Crippen LogP contribution in [-0.2, 0) is 0 Å². The van der Waals surface area contributed by atoms with Crippen molar-refractivity contribution in [3.05, 3.63) is 66.0 Å². The Balaban J connectivity index is 2.04. The number of hydrogen-bond acceptors (Lipinski definition) is 1. The standard InChI is InChI=1S/C15H14N2/c1-11(12-6-3-2-4-7-12)14-10-13-8-5-9-16-15(13)17-14/h2-11H,1H3,(H,16,17)/t11-/m0/s1. The molecule has 2 heteroatoms. The van der Waals surface area contributed by atoms with Crippen molar-refractivity contribution in [2.24, 2.45) is 0 Å². The molecule has 3 aromatic rings. The van der Waals surface area contributed by atoms with E-state index in [1.807, 2.05) is 18.3 Å². The number of nitrogens with zero attached hydrogens (tertiary/aromatic N) is 1. The van der Waals surface area contributed by atoms with Gasteiger partial charge in [0.2, 0.25) is 0 Å². The first-order chi connectivity index (χ1) is 8.34. The average molecular weight is 222 g/mol. The summed E-state index contributed by atoms with van der Waals surface area (Å²) in [5.41, 5.74) is 3.49. The Morgan fingerprint density at radius 3 is 2.65 bits per heavy atom. The summed E-state index contributed by atoms with van der Waals surface area (Å²) in [5.74, 6) is 0.366. The van der Waals surface area contributed by atoms with Gasteiger partial charge in [-0.25, -0.2) is 4.98 Å². The SMILES string of the molecule is C[C@@H](c1ccccc1)c1cc2cccnc2[nH]1. The van der Waals surface area contributed by atoms with Crippen molar-refractivity contribution in [1.82, 2.24) is 9.97 Å². The fourth-order valence-electron chi connectivity index (χ4n) is 2.13. The van der Waals surface area contributed by atoms with E-state index >= 15 is 0 Å². The molecule has 0 aliphatic rings. The molecule has 0 aliphatic heterocycles. The van der Waals surface area contributed by atoms with Gasteiger partial charge in [0, 0.05) is 23.2 Å². The molecule has 17 heavy (non-hydrogen) atoms. The maximum Gasteiger partial charge on any atom is 0.137 e. The Labute approximate surface area is 100 Å². The van der Waals surface area contributed by atoms with Gasteiger partial charge in [0.1, 0.15) is 5.65 Å². The molecule has 0 spiro atoms. The molecule has 1 aromatic carbocycles. The van der Waals surface area contributed by atoms with Crippen molar-refractivity contribution < 1.29 is 0 Å². The Kier molecular flexibility index (Phi) is 2.41. The first-order valence-electron chi connectivity index (χ1n) is 5.83. The molecule has 2 aromatic heterocycles. The van der Waals surface area contributed by atoms with E-state index in [0.29, 0.717) is 5.92 Å². The van der Waals surface area contributed by atoms with Crippen LogP contribution in [0.15, 0.2) is 54.7 Å². The average Bonchev–Trinajstić information content (AvgIpc) is 2.82. The maximum atomic E-state index is 4.32. The van der Waals surface area contributed by atoms with Gasteiger partial charge >= 0.3 is 0 Å². The number of aromatic nitrogens is 2. The van der Waals surface area contributed by atoms with Crippen LogP contribution >= 0.6 is 0 Å². The van der Waals surface area contributed by atoms with E-state index in [1.54, 1.807) is 0 Å². The van der Waals surface area contributed by atoms with Gasteiger partial charge in [-0.3, -0.25) is 0 Å². The van der Waals surface area contributed by atoms with Crippen LogP contribution in [0.2, 0.25) is 0 Å². The quantitative estimate of drug-likeness (QED) is 0.703. The van der Waals surface area contributed by atoms with Crippen LogP contribution in [0.25, 0.3) is 11.0 Å². The molecule has 0 saturated heterocycles. The van der Waals surface area contributed by atoms with Gasteiger partial charge in [0.25, 0.3) is 0 Å². The molecule has 0 unspecified atom stereocenters. The molecule has 0 aliphatic carbocycles. The molecule has 0 saturated carbocycles. The van der Waals surface area contributed by atoms with E-state index in [0.717, 1.165) is 5.65 Å². The Hall–Kier alpha value is -2.09. The summed E-state index contributed by atoms with van der Waals surface area (Å²) in [6, 6.07) is 16.7. The van der Waals surface area contributed by atoms with Gasteiger partial charge < -0.3 is 4.98 Å². The Morgan fingerprint density at radius 2 is 1.88 bits per heavy atom. The van der Waals surface area contributed by atoms with E-state index in [4.69, 9.17) is 0 Å². The number of rotatable bonds is 2. The predicted molar refractivity (Wildman–Crippen MR) is 70.1 cm³/mol. The smallest absolute Gasteiger partial charge is 0.137 e. The van der Waals surface area contributed by atoms with Gasteiger partial charge in [-0.05, 0) is 23.8 Å². The van der Waals surface area contributed by atoms with E-state index in [-0.39, 0.29) is 0 Å². The monoisotopic (exact) mass is 222 g/mol. The van der Waals surface area contributed by atoms with Crippen LogP contribution in [0.1, 0.15) is 24.1 Å². The zero-order chi connectivity index (χ0) is 11.7. The lowest BCUT2D eigenvalue weighted by Crippen LogP contribution is -1.95. The van der Waals surface area contributed by atoms with E-state index in [1.165, 1.54) is 16.6 Å². The maximum absolute atomic E-state index is 4.32. The lowest BCUT2D eigenvalue weighted by Gasteiger charge is -2.09. The van der Waals surface area contributed by atoms with Gasteiger partial charge in [0.05, 0.1) is 0 Å². The molecular weight excluding hydrogens is 208 g/mol. The molecule has 0 fully saturated rings. The Morgan fingerprint density at radius 1 is 1.06 bits per heavy atom. The number of pyridine rings is 1. The second-order valence-corrected chi connectivity index (χ2v) is 4.30. The van der Waals surface area contributed by atoms with Crippen LogP contribution in [0.4, 0.5) is 0 Å². The van der Waals surface area contributed by atoms with Gasteiger partial charge in [-0.15, -0.1) is 0 Å². The molecule has 84 valence electrons. The molecule has 2 nitrogen and oxygen atoms in total. The molecule has 3 rings (SSSR count).